The van der Waals surface area contributed by atoms with E-state index in [0.717, 1.165) is 6.42 Å². The van der Waals surface area contributed by atoms with Crippen molar-refractivity contribution in [2.45, 2.75) is 38.1 Å². The van der Waals surface area contributed by atoms with Crippen molar-refractivity contribution in [1.29, 1.82) is 0 Å². The van der Waals surface area contributed by atoms with Crippen LogP contribution in [0.3, 0.4) is 0 Å². The number of amides is 2. The Morgan fingerprint density at radius 3 is 2.90 bits per heavy atom. The summed E-state index contributed by atoms with van der Waals surface area (Å²) in [6, 6.07) is 3.08. The molecule has 0 aromatic carbocycles. The lowest BCUT2D eigenvalue weighted by Crippen LogP contribution is -2.48. The van der Waals surface area contributed by atoms with Crippen LogP contribution in [0.5, 0.6) is 0 Å². The van der Waals surface area contributed by atoms with Crippen molar-refractivity contribution in [2.75, 3.05) is 13.1 Å². The van der Waals surface area contributed by atoms with E-state index in [1.807, 2.05) is 17.5 Å². The molecule has 1 aromatic rings. The van der Waals surface area contributed by atoms with Crippen LogP contribution in [0.15, 0.2) is 17.5 Å². The summed E-state index contributed by atoms with van der Waals surface area (Å²) in [4.78, 5) is 25.8. The monoisotopic (exact) mass is 296 g/mol. The lowest BCUT2D eigenvalue weighted by molar-refractivity contribution is -0.141. The minimum atomic E-state index is -0.921. The summed E-state index contributed by atoms with van der Waals surface area (Å²) in [6.45, 7) is 5.15. The van der Waals surface area contributed by atoms with Gasteiger partial charge in [0.15, 0.2) is 0 Å². The summed E-state index contributed by atoms with van der Waals surface area (Å²) >= 11 is 1.66. The van der Waals surface area contributed by atoms with Crippen molar-refractivity contribution in [3.63, 3.8) is 0 Å². The van der Waals surface area contributed by atoms with E-state index in [0.29, 0.717) is 19.5 Å². The number of thiophene rings is 1. The molecular formula is C14H20N2O3S. The van der Waals surface area contributed by atoms with Crippen LogP contribution in [0, 0.1) is 0 Å². The molecule has 1 fully saturated rings. The van der Waals surface area contributed by atoms with Crippen molar-refractivity contribution in [2.24, 2.45) is 0 Å². The van der Waals surface area contributed by atoms with E-state index in [-0.39, 0.29) is 11.4 Å². The van der Waals surface area contributed by atoms with Gasteiger partial charge in [-0.25, -0.2) is 9.59 Å². The Bertz CT molecular complexity index is 485. The molecule has 2 heterocycles. The average molecular weight is 296 g/mol. The Labute approximate surface area is 122 Å². The molecule has 1 atom stereocenters. The van der Waals surface area contributed by atoms with Crippen molar-refractivity contribution in [1.82, 2.24) is 10.2 Å². The molecule has 2 amide bonds. The minimum Gasteiger partial charge on any atom is -0.480 e. The smallest absolute Gasteiger partial charge is 0.326 e. The van der Waals surface area contributed by atoms with Gasteiger partial charge >= 0.3 is 12.0 Å². The fraction of sp³-hybridized carbons (Fsp3) is 0.571. The maximum atomic E-state index is 12.1. The number of rotatable bonds is 4. The number of hydrogen-bond acceptors (Lipinski definition) is 3. The number of hydrogen-bond donors (Lipinski definition) is 2. The number of carboxylic acid groups (broad SMARTS) is 1. The number of nitrogens with one attached hydrogen (secondary N) is 1. The summed E-state index contributed by atoms with van der Waals surface area (Å²) in [7, 11) is 0. The van der Waals surface area contributed by atoms with Gasteiger partial charge in [0.25, 0.3) is 0 Å². The maximum Gasteiger partial charge on any atom is 0.326 e. The number of nitrogens with zero attached hydrogens (tertiary/aromatic N) is 1. The van der Waals surface area contributed by atoms with E-state index in [1.165, 1.54) is 9.78 Å². The summed E-state index contributed by atoms with van der Waals surface area (Å²) in [6.07, 6.45) is 1.29. The zero-order chi connectivity index (χ0) is 14.8. The third kappa shape index (κ3) is 3.12. The summed E-state index contributed by atoms with van der Waals surface area (Å²) in [5, 5.41) is 14.0. The Kier molecular flexibility index (Phi) is 4.32. The quantitative estimate of drug-likeness (QED) is 0.895. The first-order valence-corrected chi connectivity index (χ1v) is 7.61. The van der Waals surface area contributed by atoms with Crippen LogP contribution in [-0.2, 0) is 10.2 Å². The number of aliphatic carboxylic acids is 1. The number of carboxylic acids is 1. The van der Waals surface area contributed by atoms with Crippen LogP contribution in [0.1, 0.15) is 31.6 Å². The molecular weight excluding hydrogens is 276 g/mol. The highest BCUT2D eigenvalue weighted by atomic mass is 32.1. The van der Waals surface area contributed by atoms with Gasteiger partial charge in [-0.05, 0) is 24.3 Å². The normalized spacial score (nSPS) is 19.1. The van der Waals surface area contributed by atoms with Gasteiger partial charge in [0, 0.05) is 23.4 Å². The van der Waals surface area contributed by atoms with Gasteiger partial charge in [-0.1, -0.05) is 19.9 Å². The van der Waals surface area contributed by atoms with Crippen molar-refractivity contribution < 1.29 is 14.7 Å². The first-order valence-electron chi connectivity index (χ1n) is 6.73. The second-order valence-electron chi connectivity index (χ2n) is 5.71. The highest BCUT2D eigenvalue weighted by Gasteiger charge is 2.34. The van der Waals surface area contributed by atoms with Gasteiger partial charge in [0.2, 0.25) is 0 Å². The van der Waals surface area contributed by atoms with Crippen LogP contribution in [0.4, 0.5) is 4.79 Å². The van der Waals surface area contributed by atoms with Gasteiger partial charge in [-0.15, -0.1) is 11.3 Å². The number of carbonyl (C=O) groups excluding carboxylic acids is 1. The molecule has 0 bridgehead atoms. The number of urea groups is 1. The Morgan fingerprint density at radius 2 is 2.30 bits per heavy atom. The number of carbonyl (C=O) groups is 2. The molecule has 0 spiro atoms. The van der Waals surface area contributed by atoms with E-state index >= 15 is 0 Å². The first kappa shape index (κ1) is 14.8. The summed E-state index contributed by atoms with van der Waals surface area (Å²) < 4.78 is 0. The summed E-state index contributed by atoms with van der Waals surface area (Å²) in [5.41, 5.74) is -0.151. The molecule has 20 heavy (non-hydrogen) atoms. The largest absolute Gasteiger partial charge is 0.480 e. The molecule has 0 unspecified atom stereocenters. The molecule has 0 radical (unpaired) electrons. The highest BCUT2D eigenvalue weighted by molar-refractivity contribution is 7.10. The first-order chi connectivity index (χ1) is 9.42. The summed E-state index contributed by atoms with van der Waals surface area (Å²) in [5.74, 6) is -0.921. The Morgan fingerprint density at radius 1 is 1.55 bits per heavy atom. The van der Waals surface area contributed by atoms with Crippen LogP contribution in [0.25, 0.3) is 0 Å². The molecule has 2 N–H and O–H groups in total. The van der Waals surface area contributed by atoms with E-state index in [2.05, 4.69) is 19.2 Å². The number of likely N-dealkylation sites (tertiary alicyclic amines) is 1. The van der Waals surface area contributed by atoms with Crippen molar-refractivity contribution >= 4 is 23.3 Å². The van der Waals surface area contributed by atoms with Crippen LogP contribution < -0.4 is 5.32 Å². The third-order valence-electron chi connectivity index (χ3n) is 3.67. The molecule has 6 heteroatoms. The van der Waals surface area contributed by atoms with Gasteiger partial charge in [0.05, 0.1) is 0 Å². The van der Waals surface area contributed by atoms with Gasteiger partial charge in [0.1, 0.15) is 6.04 Å². The van der Waals surface area contributed by atoms with Crippen LogP contribution >= 0.6 is 11.3 Å². The maximum absolute atomic E-state index is 12.1. The lowest BCUT2D eigenvalue weighted by atomic mass is 9.91. The van der Waals surface area contributed by atoms with Crippen LogP contribution in [-0.4, -0.2) is 41.1 Å². The molecule has 1 aromatic heterocycles. The van der Waals surface area contributed by atoms with E-state index in [4.69, 9.17) is 5.11 Å². The molecule has 1 aliphatic heterocycles. The molecule has 1 aliphatic rings. The molecule has 0 aliphatic carbocycles. The van der Waals surface area contributed by atoms with E-state index in [9.17, 15) is 9.59 Å². The molecule has 5 nitrogen and oxygen atoms in total. The Hall–Kier alpha value is -1.56. The van der Waals surface area contributed by atoms with Crippen molar-refractivity contribution in [3.05, 3.63) is 22.4 Å². The average Bonchev–Trinajstić information content (AvgIpc) is 3.06. The fourth-order valence-corrected chi connectivity index (χ4v) is 3.27. The topological polar surface area (TPSA) is 69.6 Å². The van der Waals surface area contributed by atoms with E-state index in [1.54, 1.807) is 11.3 Å². The zero-order valence-electron chi connectivity index (χ0n) is 11.8. The predicted octanol–water partition coefficient (Wildman–Crippen LogP) is 2.28. The SMILES string of the molecule is CC(C)(CNC(=O)N1CCC[C@H]1C(=O)O)c1cccs1. The fourth-order valence-electron chi connectivity index (χ4n) is 2.42. The highest BCUT2D eigenvalue weighted by Crippen LogP contribution is 2.27. The molecule has 1 saturated heterocycles. The minimum absolute atomic E-state index is 0.151. The van der Waals surface area contributed by atoms with Gasteiger partial charge < -0.3 is 15.3 Å². The van der Waals surface area contributed by atoms with Gasteiger partial charge in [-0.3, -0.25) is 0 Å². The van der Waals surface area contributed by atoms with Crippen LogP contribution in [0.2, 0.25) is 0 Å². The molecule has 110 valence electrons. The standard InChI is InChI=1S/C14H20N2O3S/c1-14(2,11-6-4-8-20-11)9-15-13(19)16-7-3-5-10(16)12(17)18/h4,6,8,10H,3,5,7,9H2,1-2H3,(H,15,19)(H,17,18)/t10-/m0/s1. The second-order valence-corrected chi connectivity index (χ2v) is 6.66. The van der Waals surface area contributed by atoms with E-state index < -0.39 is 12.0 Å². The predicted molar refractivity (Wildman–Crippen MR) is 78.1 cm³/mol. The Balaban J connectivity index is 1.94. The van der Waals surface area contributed by atoms with Crippen molar-refractivity contribution in [3.8, 4) is 0 Å². The zero-order valence-corrected chi connectivity index (χ0v) is 12.6. The molecule has 2 rings (SSSR count). The lowest BCUT2D eigenvalue weighted by Gasteiger charge is -2.27. The molecule has 0 saturated carbocycles. The second kappa shape index (κ2) is 5.83. The van der Waals surface area contributed by atoms with Gasteiger partial charge in [-0.2, -0.15) is 0 Å². The third-order valence-corrected chi connectivity index (χ3v) is 4.90.